The molecule has 7 heteroatoms. The average molecular weight is 373 g/mol. The standard InChI is InChI=1S/C21H23N7/c1-14(16-7-3-2-4-8-16)26-19-18-20(27-28-21(18)25-13-24-19)23-11-10-15-6-5-9-17(22)12-15/h2-9,12-14H,10-11,22H2,1H3,(H3,23,24,25,26,27,28). The van der Waals surface area contributed by atoms with Gasteiger partial charge in [-0.15, -0.1) is 0 Å². The van der Waals surface area contributed by atoms with Crippen LogP contribution in [-0.4, -0.2) is 26.7 Å². The van der Waals surface area contributed by atoms with Crippen LogP contribution in [0.5, 0.6) is 0 Å². The van der Waals surface area contributed by atoms with Crippen LogP contribution in [0.25, 0.3) is 11.0 Å². The summed E-state index contributed by atoms with van der Waals surface area (Å²) < 4.78 is 0. The molecule has 0 fully saturated rings. The molecule has 0 bridgehead atoms. The first-order valence-corrected chi connectivity index (χ1v) is 9.29. The Balaban J connectivity index is 1.51. The largest absolute Gasteiger partial charge is 0.399 e. The first kappa shape index (κ1) is 17.8. The molecular weight excluding hydrogens is 350 g/mol. The number of aromatic nitrogens is 4. The minimum absolute atomic E-state index is 0.106. The van der Waals surface area contributed by atoms with Crippen LogP contribution in [0.2, 0.25) is 0 Å². The molecule has 7 nitrogen and oxygen atoms in total. The van der Waals surface area contributed by atoms with Crippen molar-refractivity contribution in [1.29, 1.82) is 0 Å². The first-order valence-electron chi connectivity index (χ1n) is 9.29. The monoisotopic (exact) mass is 373 g/mol. The molecule has 28 heavy (non-hydrogen) atoms. The third kappa shape index (κ3) is 3.88. The van der Waals surface area contributed by atoms with Gasteiger partial charge in [0.25, 0.3) is 0 Å². The van der Waals surface area contributed by atoms with Gasteiger partial charge in [0.1, 0.15) is 17.5 Å². The van der Waals surface area contributed by atoms with Crippen molar-refractivity contribution in [3.05, 3.63) is 72.1 Å². The molecule has 0 aliphatic rings. The van der Waals surface area contributed by atoms with E-state index < -0.39 is 0 Å². The predicted octanol–water partition coefficient (Wildman–Crippen LogP) is 3.76. The zero-order valence-electron chi connectivity index (χ0n) is 15.7. The number of nitrogens with one attached hydrogen (secondary N) is 3. The Kier molecular flexibility index (Phi) is 5.05. The molecule has 2 aromatic carbocycles. The lowest BCUT2D eigenvalue weighted by Crippen LogP contribution is -2.10. The van der Waals surface area contributed by atoms with E-state index in [9.17, 15) is 0 Å². The van der Waals surface area contributed by atoms with Crippen LogP contribution in [0.1, 0.15) is 24.1 Å². The van der Waals surface area contributed by atoms with Crippen molar-refractivity contribution in [3.8, 4) is 0 Å². The van der Waals surface area contributed by atoms with E-state index in [1.807, 2.05) is 36.4 Å². The lowest BCUT2D eigenvalue weighted by molar-refractivity contribution is 0.876. The number of nitrogen functional groups attached to an aromatic ring is 1. The molecule has 142 valence electrons. The molecule has 1 atom stereocenters. The number of aromatic amines is 1. The van der Waals surface area contributed by atoms with Gasteiger partial charge in [-0.25, -0.2) is 9.97 Å². The highest BCUT2D eigenvalue weighted by atomic mass is 15.2. The Labute approximate surface area is 163 Å². The fourth-order valence-corrected chi connectivity index (χ4v) is 3.20. The van der Waals surface area contributed by atoms with E-state index in [-0.39, 0.29) is 6.04 Å². The number of hydrogen-bond acceptors (Lipinski definition) is 6. The van der Waals surface area contributed by atoms with Gasteiger partial charge in [0.15, 0.2) is 11.5 Å². The molecule has 0 amide bonds. The van der Waals surface area contributed by atoms with Crippen LogP contribution in [-0.2, 0) is 6.42 Å². The lowest BCUT2D eigenvalue weighted by Gasteiger charge is -2.15. The number of anilines is 3. The van der Waals surface area contributed by atoms with Crippen molar-refractivity contribution in [2.45, 2.75) is 19.4 Å². The van der Waals surface area contributed by atoms with Crippen molar-refractivity contribution < 1.29 is 0 Å². The van der Waals surface area contributed by atoms with Gasteiger partial charge >= 0.3 is 0 Å². The molecular formula is C21H23N7. The van der Waals surface area contributed by atoms with Gasteiger partial charge < -0.3 is 16.4 Å². The summed E-state index contributed by atoms with van der Waals surface area (Å²) in [6.07, 6.45) is 2.38. The Morgan fingerprint density at radius 3 is 2.71 bits per heavy atom. The highest BCUT2D eigenvalue weighted by molar-refractivity contribution is 5.96. The second-order valence-electron chi connectivity index (χ2n) is 6.72. The summed E-state index contributed by atoms with van der Waals surface area (Å²) >= 11 is 0. The highest BCUT2D eigenvalue weighted by Crippen LogP contribution is 2.28. The highest BCUT2D eigenvalue weighted by Gasteiger charge is 2.15. The van der Waals surface area contributed by atoms with Gasteiger partial charge in [-0.2, -0.15) is 5.10 Å². The molecule has 4 aromatic rings. The predicted molar refractivity (Wildman–Crippen MR) is 113 cm³/mol. The number of H-pyrrole nitrogens is 1. The van der Waals surface area contributed by atoms with Crippen LogP contribution in [0.3, 0.4) is 0 Å². The number of fused-ring (bicyclic) bond motifs is 1. The van der Waals surface area contributed by atoms with E-state index in [0.717, 1.165) is 35.7 Å². The third-order valence-electron chi connectivity index (χ3n) is 4.67. The smallest absolute Gasteiger partial charge is 0.162 e. The zero-order chi connectivity index (χ0) is 19.3. The molecule has 0 saturated heterocycles. The lowest BCUT2D eigenvalue weighted by atomic mass is 10.1. The summed E-state index contributed by atoms with van der Waals surface area (Å²) in [7, 11) is 0. The molecule has 2 heterocycles. The van der Waals surface area contributed by atoms with E-state index in [0.29, 0.717) is 5.65 Å². The maximum atomic E-state index is 5.85. The number of nitrogens with two attached hydrogens (primary N) is 1. The molecule has 0 aliphatic carbocycles. The summed E-state index contributed by atoms with van der Waals surface area (Å²) in [6.45, 7) is 2.84. The molecule has 4 rings (SSSR count). The molecule has 1 unspecified atom stereocenters. The van der Waals surface area contributed by atoms with Gasteiger partial charge in [-0.3, -0.25) is 5.10 Å². The van der Waals surface area contributed by atoms with Gasteiger partial charge in [0.05, 0.1) is 0 Å². The number of nitrogens with zero attached hydrogens (tertiary/aromatic N) is 3. The fraction of sp³-hybridized carbons (Fsp3) is 0.190. The van der Waals surface area contributed by atoms with Gasteiger partial charge in [-0.1, -0.05) is 42.5 Å². The minimum atomic E-state index is 0.106. The van der Waals surface area contributed by atoms with Crippen molar-refractivity contribution in [2.24, 2.45) is 0 Å². The average Bonchev–Trinajstić information content (AvgIpc) is 3.13. The molecule has 0 spiro atoms. The van der Waals surface area contributed by atoms with Crippen LogP contribution in [0, 0.1) is 0 Å². The summed E-state index contributed by atoms with van der Waals surface area (Å²) in [6, 6.07) is 18.3. The molecule has 5 N–H and O–H groups in total. The fourth-order valence-electron chi connectivity index (χ4n) is 3.20. The Bertz CT molecular complexity index is 1060. The maximum Gasteiger partial charge on any atom is 0.162 e. The summed E-state index contributed by atoms with van der Waals surface area (Å²) in [5.41, 5.74) is 9.69. The number of hydrogen-bond donors (Lipinski definition) is 4. The van der Waals surface area contributed by atoms with E-state index in [4.69, 9.17) is 5.73 Å². The quantitative estimate of drug-likeness (QED) is 0.368. The second-order valence-corrected chi connectivity index (χ2v) is 6.72. The van der Waals surface area contributed by atoms with Crippen molar-refractivity contribution in [2.75, 3.05) is 22.9 Å². The summed E-state index contributed by atoms with van der Waals surface area (Å²) in [5.74, 6) is 1.49. The number of rotatable bonds is 7. The summed E-state index contributed by atoms with van der Waals surface area (Å²) in [5, 5.41) is 15.1. The van der Waals surface area contributed by atoms with Crippen molar-refractivity contribution >= 4 is 28.4 Å². The minimum Gasteiger partial charge on any atom is -0.399 e. The number of benzene rings is 2. The second kappa shape index (κ2) is 7.96. The topological polar surface area (TPSA) is 105 Å². The zero-order valence-corrected chi connectivity index (χ0v) is 15.7. The van der Waals surface area contributed by atoms with Crippen molar-refractivity contribution in [1.82, 2.24) is 20.2 Å². The van der Waals surface area contributed by atoms with Crippen LogP contribution in [0.15, 0.2) is 60.9 Å². The molecule has 2 aromatic heterocycles. The Morgan fingerprint density at radius 1 is 1.04 bits per heavy atom. The summed E-state index contributed by atoms with van der Waals surface area (Å²) in [4.78, 5) is 8.74. The molecule has 0 saturated carbocycles. The van der Waals surface area contributed by atoms with Crippen molar-refractivity contribution in [3.63, 3.8) is 0 Å². The normalized spacial score (nSPS) is 12.0. The Hall–Kier alpha value is -3.61. The third-order valence-corrected chi connectivity index (χ3v) is 4.67. The van der Waals surface area contributed by atoms with Crippen LogP contribution < -0.4 is 16.4 Å². The van der Waals surface area contributed by atoms with E-state index in [2.05, 4.69) is 55.9 Å². The van der Waals surface area contributed by atoms with E-state index in [1.165, 1.54) is 17.5 Å². The SMILES string of the molecule is CC(Nc1ncnc2[nH]nc(NCCc3cccc(N)c3)c12)c1ccccc1. The molecule has 0 radical (unpaired) electrons. The maximum absolute atomic E-state index is 5.85. The van der Waals surface area contributed by atoms with Gasteiger partial charge in [0.2, 0.25) is 0 Å². The Morgan fingerprint density at radius 2 is 1.89 bits per heavy atom. The molecule has 0 aliphatic heterocycles. The van der Waals surface area contributed by atoms with E-state index >= 15 is 0 Å². The van der Waals surface area contributed by atoms with E-state index in [1.54, 1.807) is 0 Å². The van der Waals surface area contributed by atoms with Crippen LogP contribution >= 0.6 is 0 Å². The van der Waals surface area contributed by atoms with Gasteiger partial charge in [0, 0.05) is 18.3 Å². The van der Waals surface area contributed by atoms with Crippen LogP contribution in [0.4, 0.5) is 17.3 Å². The first-order chi connectivity index (χ1) is 13.7. The van der Waals surface area contributed by atoms with Gasteiger partial charge in [-0.05, 0) is 36.6 Å².